The number of aromatic nitrogens is 1. The largest absolute Gasteiger partial charge is 0.370 e. The molecule has 3 rings (SSSR count). The van der Waals surface area contributed by atoms with E-state index in [1.807, 2.05) is 60.7 Å². The summed E-state index contributed by atoms with van der Waals surface area (Å²) in [6, 6.07) is 20.9. The highest BCUT2D eigenvalue weighted by Crippen LogP contribution is 2.25. The maximum absolute atomic E-state index is 13.5. The van der Waals surface area contributed by atoms with Crippen molar-refractivity contribution in [1.29, 1.82) is 0 Å². The van der Waals surface area contributed by atoms with E-state index in [4.69, 9.17) is 11.5 Å². The van der Waals surface area contributed by atoms with Crippen LogP contribution >= 0.6 is 0 Å². The van der Waals surface area contributed by atoms with Gasteiger partial charge in [-0.05, 0) is 36.1 Å². The van der Waals surface area contributed by atoms with Crippen LogP contribution in [0.5, 0.6) is 0 Å². The fourth-order valence-corrected chi connectivity index (χ4v) is 3.79. The van der Waals surface area contributed by atoms with Crippen LogP contribution in [-0.2, 0) is 4.79 Å². The van der Waals surface area contributed by atoms with E-state index in [-0.39, 0.29) is 17.9 Å². The molecule has 182 valence electrons. The first kappa shape index (κ1) is 25.2. The number of pyridine rings is 1. The summed E-state index contributed by atoms with van der Waals surface area (Å²) < 4.78 is 1.52. The molecular weight excluding hydrogens is 444 g/mol. The fourth-order valence-electron chi connectivity index (χ4n) is 3.79. The van der Waals surface area contributed by atoms with E-state index < -0.39 is 29.5 Å². The van der Waals surface area contributed by atoms with Gasteiger partial charge in [0.25, 0.3) is 11.5 Å². The van der Waals surface area contributed by atoms with Gasteiger partial charge < -0.3 is 26.7 Å². The first-order chi connectivity index (χ1) is 16.9. The summed E-state index contributed by atoms with van der Waals surface area (Å²) in [7, 11) is 1.56. The molecule has 0 spiro atoms. The van der Waals surface area contributed by atoms with E-state index in [1.165, 1.54) is 10.6 Å². The predicted octanol–water partition coefficient (Wildman–Crippen LogP) is 1.38. The van der Waals surface area contributed by atoms with Gasteiger partial charge in [0.1, 0.15) is 11.6 Å². The van der Waals surface area contributed by atoms with E-state index in [2.05, 4.69) is 15.6 Å². The van der Waals surface area contributed by atoms with Crippen molar-refractivity contribution >= 4 is 17.8 Å². The van der Waals surface area contributed by atoms with Crippen molar-refractivity contribution in [2.24, 2.45) is 16.5 Å². The third-order valence-corrected chi connectivity index (χ3v) is 5.59. The van der Waals surface area contributed by atoms with Crippen molar-refractivity contribution in [2.45, 2.75) is 24.9 Å². The molecule has 6 N–H and O–H groups in total. The molecule has 0 saturated heterocycles. The lowest BCUT2D eigenvalue weighted by atomic mass is 9.98. The zero-order chi connectivity index (χ0) is 25.2. The van der Waals surface area contributed by atoms with Crippen molar-refractivity contribution in [3.8, 4) is 0 Å². The average Bonchev–Trinajstić information content (AvgIpc) is 2.88. The molecule has 9 heteroatoms. The molecule has 1 aromatic heterocycles. The third kappa shape index (κ3) is 6.57. The van der Waals surface area contributed by atoms with Gasteiger partial charge in [0.2, 0.25) is 5.91 Å². The average molecular weight is 475 g/mol. The topological polar surface area (TPSA) is 145 Å². The molecule has 0 unspecified atom stereocenters. The number of guanidine groups is 1. The molecule has 1 atom stereocenters. The van der Waals surface area contributed by atoms with Gasteiger partial charge in [-0.25, -0.2) is 0 Å². The molecule has 3 aromatic rings. The molecule has 2 amide bonds. The van der Waals surface area contributed by atoms with Gasteiger partial charge in [0.15, 0.2) is 5.96 Å². The zero-order valence-corrected chi connectivity index (χ0v) is 19.6. The van der Waals surface area contributed by atoms with E-state index in [0.717, 1.165) is 11.1 Å². The maximum atomic E-state index is 13.5. The molecule has 0 radical (unpaired) electrons. The SMILES string of the molecule is CN=C(N)NCCC[C@H](NC(=O)c1cccn(C(c2ccccc2)c2ccccc2)c1=O)C(N)=O. The van der Waals surface area contributed by atoms with Crippen LogP contribution in [0.15, 0.2) is 88.8 Å². The second-order valence-corrected chi connectivity index (χ2v) is 7.96. The van der Waals surface area contributed by atoms with Gasteiger partial charge in [0.05, 0.1) is 6.04 Å². The number of carbonyl (C=O) groups excluding carboxylic acids is 2. The Hall–Kier alpha value is -4.40. The Morgan fingerprint density at radius 1 is 0.943 bits per heavy atom. The number of aliphatic imine (C=N–C) groups is 1. The van der Waals surface area contributed by atoms with Crippen molar-refractivity contribution in [3.05, 3.63) is 106 Å². The lowest BCUT2D eigenvalue weighted by molar-refractivity contribution is -0.120. The number of hydrogen-bond donors (Lipinski definition) is 4. The van der Waals surface area contributed by atoms with Gasteiger partial charge in [0, 0.05) is 19.8 Å². The fraction of sp³-hybridized carbons (Fsp3) is 0.231. The Morgan fingerprint density at radius 3 is 2.09 bits per heavy atom. The number of carbonyl (C=O) groups is 2. The number of primary amides is 1. The number of amides is 2. The molecule has 0 aliphatic carbocycles. The van der Waals surface area contributed by atoms with E-state index in [9.17, 15) is 14.4 Å². The monoisotopic (exact) mass is 474 g/mol. The highest BCUT2D eigenvalue weighted by molar-refractivity contribution is 5.97. The minimum Gasteiger partial charge on any atom is -0.370 e. The molecule has 9 nitrogen and oxygen atoms in total. The van der Waals surface area contributed by atoms with Crippen molar-refractivity contribution in [1.82, 2.24) is 15.2 Å². The minimum atomic E-state index is -0.934. The molecule has 0 bridgehead atoms. The lowest BCUT2D eigenvalue weighted by Crippen LogP contribution is -2.46. The smallest absolute Gasteiger partial charge is 0.264 e. The lowest BCUT2D eigenvalue weighted by Gasteiger charge is -2.22. The first-order valence-corrected chi connectivity index (χ1v) is 11.3. The summed E-state index contributed by atoms with van der Waals surface area (Å²) in [6.45, 7) is 0.455. The molecule has 0 fully saturated rings. The van der Waals surface area contributed by atoms with Gasteiger partial charge >= 0.3 is 0 Å². The van der Waals surface area contributed by atoms with Crippen LogP contribution in [0.1, 0.15) is 40.4 Å². The van der Waals surface area contributed by atoms with Crippen molar-refractivity contribution < 1.29 is 9.59 Å². The summed E-state index contributed by atoms with van der Waals surface area (Å²) in [4.78, 5) is 42.2. The molecule has 0 aliphatic heterocycles. The second-order valence-electron chi connectivity index (χ2n) is 7.96. The number of hydrogen-bond acceptors (Lipinski definition) is 4. The van der Waals surface area contributed by atoms with Crippen LogP contribution in [0.25, 0.3) is 0 Å². The number of rotatable bonds is 10. The number of nitrogens with one attached hydrogen (secondary N) is 2. The summed E-state index contributed by atoms with van der Waals surface area (Å²) >= 11 is 0. The first-order valence-electron chi connectivity index (χ1n) is 11.3. The summed E-state index contributed by atoms with van der Waals surface area (Å²) in [5, 5.41) is 5.49. The van der Waals surface area contributed by atoms with Crippen LogP contribution in [0, 0.1) is 0 Å². The molecule has 0 aliphatic rings. The highest BCUT2D eigenvalue weighted by atomic mass is 16.2. The molecular formula is C26H30N6O3. The molecule has 0 saturated carbocycles. The Morgan fingerprint density at radius 2 is 1.54 bits per heavy atom. The highest BCUT2D eigenvalue weighted by Gasteiger charge is 2.23. The van der Waals surface area contributed by atoms with Gasteiger partial charge in [-0.1, -0.05) is 60.7 Å². The minimum absolute atomic E-state index is 0.0731. The van der Waals surface area contributed by atoms with Crippen LogP contribution < -0.4 is 27.7 Å². The summed E-state index contributed by atoms with van der Waals surface area (Å²) in [6.07, 6.45) is 2.44. The third-order valence-electron chi connectivity index (χ3n) is 5.59. The Balaban J connectivity index is 1.86. The second kappa shape index (κ2) is 12.2. The number of nitrogens with zero attached hydrogens (tertiary/aromatic N) is 2. The molecule has 1 heterocycles. The quantitative estimate of drug-likeness (QED) is 0.199. The standard InChI is InChI=1S/C26H30N6O3/c1-29-26(28)30-16-8-15-21(23(27)33)31-24(34)20-14-9-17-32(25(20)35)22(18-10-4-2-5-11-18)19-12-6-3-7-13-19/h2-7,9-14,17,21-22H,8,15-16H2,1H3,(H2,27,33)(H,31,34)(H3,28,29,30)/t21-/m0/s1. The van der Waals surface area contributed by atoms with E-state index >= 15 is 0 Å². The number of nitrogens with two attached hydrogens (primary N) is 2. The van der Waals surface area contributed by atoms with Gasteiger partial charge in [-0.15, -0.1) is 0 Å². The summed E-state index contributed by atoms with van der Waals surface area (Å²) in [5.74, 6) is -1.06. The Labute approximate surface area is 203 Å². The van der Waals surface area contributed by atoms with Crippen LogP contribution in [-0.4, -0.2) is 42.0 Å². The molecule has 2 aromatic carbocycles. The van der Waals surface area contributed by atoms with E-state index in [0.29, 0.717) is 13.0 Å². The van der Waals surface area contributed by atoms with Gasteiger partial charge in [-0.2, -0.15) is 0 Å². The van der Waals surface area contributed by atoms with Crippen LogP contribution in [0.4, 0.5) is 0 Å². The van der Waals surface area contributed by atoms with Crippen molar-refractivity contribution in [3.63, 3.8) is 0 Å². The Bertz CT molecular complexity index is 1190. The normalized spacial score (nSPS) is 12.2. The predicted molar refractivity (Wildman–Crippen MR) is 136 cm³/mol. The van der Waals surface area contributed by atoms with Crippen molar-refractivity contribution in [2.75, 3.05) is 13.6 Å². The molecule has 35 heavy (non-hydrogen) atoms. The maximum Gasteiger partial charge on any atom is 0.264 e. The van der Waals surface area contributed by atoms with Crippen LogP contribution in [0.2, 0.25) is 0 Å². The zero-order valence-electron chi connectivity index (χ0n) is 19.6. The summed E-state index contributed by atoms with van der Waals surface area (Å²) in [5.41, 5.74) is 12.3. The van der Waals surface area contributed by atoms with Gasteiger partial charge in [-0.3, -0.25) is 19.4 Å². The number of benzene rings is 2. The van der Waals surface area contributed by atoms with Crippen LogP contribution in [0.3, 0.4) is 0 Å². The Kier molecular flexibility index (Phi) is 8.77. The van der Waals surface area contributed by atoms with E-state index in [1.54, 1.807) is 19.3 Å².